The van der Waals surface area contributed by atoms with Gasteiger partial charge in [-0.15, -0.1) is 0 Å². The van der Waals surface area contributed by atoms with Crippen LogP contribution in [0.1, 0.15) is 17.0 Å². The van der Waals surface area contributed by atoms with Crippen LogP contribution in [0.4, 0.5) is 5.69 Å². The quantitative estimate of drug-likeness (QED) is 0.790. The van der Waals surface area contributed by atoms with Crippen molar-refractivity contribution >= 4 is 35.0 Å². The number of anilines is 1. The SMILES string of the molecule is O=C(c1ccco1)N1CCN(C(=O)[C@@H]2CC(=O)N(c3cccc(Cl)c3)C2)CC1. The van der Waals surface area contributed by atoms with Gasteiger partial charge in [-0.25, -0.2) is 0 Å². The number of piperazine rings is 1. The molecule has 1 aromatic heterocycles. The Morgan fingerprint density at radius 2 is 1.79 bits per heavy atom. The first-order valence-electron chi connectivity index (χ1n) is 9.20. The fraction of sp³-hybridized carbons (Fsp3) is 0.350. The van der Waals surface area contributed by atoms with Crippen LogP contribution in [0.15, 0.2) is 47.1 Å². The number of carbonyl (C=O) groups is 3. The molecule has 0 radical (unpaired) electrons. The van der Waals surface area contributed by atoms with Crippen molar-refractivity contribution in [3.63, 3.8) is 0 Å². The highest BCUT2D eigenvalue weighted by molar-refractivity contribution is 6.31. The van der Waals surface area contributed by atoms with E-state index in [2.05, 4.69) is 0 Å². The van der Waals surface area contributed by atoms with Crippen LogP contribution in [0.5, 0.6) is 0 Å². The average molecular weight is 402 g/mol. The van der Waals surface area contributed by atoms with E-state index in [4.69, 9.17) is 16.0 Å². The van der Waals surface area contributed by atoms with Gasteiger partial charge in [-0.1, -0.05) is 17.7 Å². The van der Waals surface area contributed by atoms with Crippen LogP contribution in [0, 0.1) is 5.92 Å². The predicted octanol–water partition coefficient (Wildman–Crippen LogP) is 2.27. The Morgan fingerprint density at radius 1 is 1.04 bits per heavy atom. The molecule has 7 nitrogen and oxygen atoms in total. The van der Waals surface area contributed by atoms with E-state index < -0.39 is 0 Å². The second-order valence-corrected chi connectivity index (χ2v) is 7.42. The summed E-state index contributed by atoms with van der Waals surface area (Å²) >= 11 is 6.02. The fourth-order valence-electron chi connectivity index (χ4n) is 3.71. The van der Waals surface area contributed by atoms with E-state index in [9.17, 15) is 14.4 Å². The predicted molar refractivity (Wildman–Crippen MR) is 103 cm³/mol. The largest absolute Gasteiger partial charge is 0.459 e. The first-order chi connectivity index (χ1) is 13.5. The Bertz CT molecular complexity index is 891. The summed E-state index contributed by atoms with van der Waals surface area (Å²) in [6, 6.07) is 10.4. The van der Waals surface area contributed by atoms with Gasteiger partial charge in [-0.3, -0.25) is 14.4 Å². The number of halogens is 1. The number of rotatable bonds is 3. The molecule has 3 heterocycles. The number of amides is 3. The van der Waals surface area contributed by atoms with E-state index in [1.54, 1.807) is 45.0 Å². The van der Waals surface area contributed by atoms with Crippen molar-refractivity contribution in [2.24, 2.45) is 5.92 Å². The molecule has 1 atom stereocenters. The summed E-state index contributed by atoms with van der Waals surface area (Å²) in [6.45, 7) is 2.15. The van der Waals surface area contributed by atoms with Gasteiger partial charge in [0.15, 0.2) is 5.76 Å². The normalized spacial score (nSPS) is 20.0. The molecule has 4 rings (SSSR count). The van der Waals surface area contributed by atoms with Gasteiger partial charge in [0.1, 0.15) is 0 Å². The van der Waals surface area contributed by atoms with Gasteiger partial charge in [-0.2, -0.15) is 0 Å². The molecule has 8 heteroatoms. The summed E-state index contributed by atoms with van der Waals surface area (Å²) in [5, 5.41) is 0.553. The molecule has 0 unspecified atom stereocenters. The minimum Gasteiger partial charge on any atom is -0.459 e. The van der Waals surface area contributed by atoms with E-state index >= 15 is 0 Å². The Morgan fingerprint density at radius 3 is 2.46 bits per heavy atom. The zero-order valence-corrected chi connectivity index (χ0v) is 16.0. The lowest BCUT2D eigenvalue weighted by Crippen LogP contribution is -2.52. The van der Waals surface area contributed by atoms with Gasteiger partial charge in [0.25, 0.3) is 5.91 Å². The highest BCUT2D eigenvalue weighted by Gasteiger charge is 2.38. The number of furan rings is 1. The van der Waals surface area contributed by atoms with E-state index in [1.807, 2.05) is 6.07 Å². The van der Waals surface area contributed by atoms with Crippen molar-refractivity contribution in [2.75, 3.05) is 37.6 Å². The van der Waals surface area contributed by atoms with Gasteiger partial charge < -0.3 is 19.1 Å². The van der Waals surface area contributed by atoms with Gasteiger partial charge >= 0.3 is 0 Å². The van der Waals surface area contributed by atoms with Crippen molar-refractivity contribution in [1.82, 2.24) is 9.80 Å². The molecule has 2 fully saturated rings. The van der Waals surface area contributed by atoms with Crippen molar-refractivity contribution in [3.8, 4) is 0 Å². The number of benzene rings is 1. The van der Waals surface area contributed by atoms with E-state index in [-0.39, 0.29) is 30.1 Å². The van der Waals surface area contributed by atoms with Gasteiger partial charge in [0, 0.05) is 49.9 Å². The second kappa shape index (κ2) is 7.67. The monoisotopic (exact) mass is 401 g/mol. The minimum absolute atomic E-state index is 0.0389. The van der Waals surface area contributed by atoms with Crippen LogP contribution in [0.3, 0.4) is 0 Å². The van der Waals surface area contributed by atoms with Crippen molar-refractivity contribution in [3.05, 3.63) is 53.4 Å². The Kier molecular flexibility index (Phi) is 5.09. The molecule has 146 valence electrons. The molecule has 2 aliphatic heterocycles. The van der Waals surface area contributed by atoms with Crippen LogP contribution >= 0.6 is 11.6 Å². The van der Waals surface area contributed by atoms with Crippen LogP contribution in [-0.2, 0) is 9.59 Å². The van der Waals surface area contributed by atoms with Gasteiger partial charge in [0.2, 0.25) is 11.8 Å². The highest BCUT2D eigenvalue weighted by atomic mass is 35.5. The molecule has 3 amide bonds. The Hall–Kier alpha value is -2.80. The van der Waals surface area contributed by atoms with Gasteiger partial charge in [0.05, 0.1) is 12.2 Å². The lowest BCUT2D eigenvalue weighted by Gasteiger charge is -2.35. The fourth-order valence-corrected chi connectivity index (χ4v) is 3.90. The molecule has 2 aromatic rings. The van der Waals surface area contributed by atoms with Crippen molar-refractivity contribution in [1.29, 1.82) is 0 Å². The molecule has 0 spiro atoms. The van der Waals surface area contributed by atoms with Gasteiger partial charge in [-0.05, 0) is 30.3 Å². The molecule has 2 saturated heterocycles. The van der Waals surface area contributed by atoms with Crippen LogP contribution in [0.25, 0.3) is 0 Å². The van der Waals surface area contributed by atoms with Crippen LogP contribution < -0.4 is 4.90 Å². The zero-order chi connectivity index (χ0) is 19.7. The topological polar surface area (TPSA) is 74.1 Å². The summed E-state index contributed by atoms with van der Waals surface area (Å²) in [6.07, 6.45) is 1.66. The first-order valence-corrected chi connectivity index (χ1v) is 9.58. The maximum absolute atomic E-state index is 12.9. The van der Waals surface area contributed by atoms with E-state index in [0.29, 0.717) is 49.2 Å². The third kappa shape index (κ3) is 3.62. The zero-order valence-electron chi connectivity index (χ0n) is 15.2. The minimum atomic E-state index is -0.376. The molecule has 1 aromatic carbocycles. The maximum Gasteiger partial charge on any atom is 0.289 e. The molecular formula is C20H20ClN3O4. The summed E-state index contributed by atoms with van der Waals surface area (Å²) in [5.41, 5.74) is 0.710. The summed E-state index contributed by atoms with van der Waals surface area (Å²) in [5.74, 6) is -0.354. The number of hydrogen-bond acceptors (Lipinski definition) is 4. The van der Waals surface area contributed by atoms with Crippen molar-refractivity contribution < 1.29 is 18.8 Å². The lowest BCUT2D eigenvalue weighted by molar-refractivity contribution is -0.137. The molecule has 28 heavy (non-hydrogen) atoms. The number of carbonyl (C=O) groups excluding carboxylic acids is 3. The number of nitrogens with zero attached hydrogens (tertiary/aromatic N) is 3. The summed E-state index contributed by atoms with van der Waals surface area (Å²) in [7, 11) is 0. The van der Waals surface area contributed by atoms with E-state index in [1.165, 1.54) is 6.26 Å². The maximum atomic E-state index is 12.9. The van der Waals surface area contributed by atoms with Crippen molar-refractivity contribution in [2.45, 2.75) is 6.42 Å². The molecular weight excluding hydrogens is 382 g/mol. The molecule has 0 bridgehead atoms. The average Bonchev–Trinajstić information content (AvgIpc) is 3.37. The third-order valence-electron chi connectivity index (χ3n) is 5.20. The number of hydrogen-bond donors (Lipinski definition) is 0. The van der Waals surface area contributed by atoms with E-state index in [0.717, 1.165) is 0 Å². The molecule has 2 aliphatic rings. The lowest BCUT2D eigenvalue weighted by atomic mass is 10.1. The Balaban J connectivity index is 1.35. The molecule has 0 saturated carbocycles. The highest BCUT2D eigenvalue weighted by Crippen LogP contribution is 2.28. The molecule has 0 N–H and O–H groups in total. The Labute approximate surface area is 167 Å². The van der Waals surface area contributed by atoms with Crippen LogP contribution in [0.2, 0.25) is 5.02 Å². The van der Waals surface area contributed by atoms with Crippen LogP contribution in [-0.4, -0.2) is 60.2 Å². The molecule has 0 aliphatic carbocycles. The second-order valence-electron chi connectivity index (χ2n) is 6.98. The first kappa shape index (κ1) is 18.6. The third-order valence-corrected chi connectivity index (χ3v) is 5.44. The standard InChI is InChI=1S/C20H20ClN3O4/c21-15-3-1-4-16(12-15)24-13-14(11-18(24)25)19(26)22-6-8-23(9-7-22)20(27)17-5-2-10-28-17/h1-5,10,12,14H,6-9,11,13H2/t14-/m1/s1. The summed E-state index contributed by atoms with van der Waals surface area (Å²) in [4.78, 5) is 42.7. The summed E-state index contributed by atoms with van der Waals surface area (Å²) < 4.78 is 5.15. The smallest absolute Gasteiger partial charge is 0.289 e.